The van der Waals surface area contributed by atoms with Gasteiger partial charge in [0.05, 0.1) is 6.04 Å². The molecule has 0 aromatic heterocycles. The van der Waals surface area contributed by atoms with Crippen molar-refractivity contribution in [3.63, 3.8) is 0 Å². The third-order valence-electron chi connectivity index (χ3n) is 4.77. The fourth-order valence-electron chi connectivity index (χ4n) is 3.09. The highest BCUT2D eigenvalue weighted by Crippen LogP contribution is 2.34. The van der Waals surface area contributed by atoms with E-state index in [4.69, 9.17) is 0 Å². The predicted molar refractivity (Wildman–Crippen MR) is 96.5 cm³/mol. The second-order valence-electron chi connectivity index (χ2n) is 6.66. The zero-order valence-electron chi connectivity index (χ0n) is 13.9. The smallest absolute Gasteiger partial charge is 0.319 e. The van der Waals surface area contributed by atoms with Crippen LogP contribution in [0.1, 0.15) is 41.2 Å². The van der Waals surface area contributed by atoms with E-state index in [1.165, 1.54) is 5.56 Å². The number of rotatable bonds is 4. The first kappa shape index (κ1) is 15.7. The Balaban J connectivity index is 1.39. The third kappa shape index (κ3) is 3.50. The summed E-state index contributed by atoms with van der Waals surface area (Å²) in [6.45, 7) is 0.780. The molecule has 128 valence electrons. The number of hydrogen-bond acceptors (Lipinski definition) is 2. The van der Waals surface area contributed by atoms with E-state index in [-0.39, 0.29) is 18.0 Å². The van der Waals surface area contributed by atoms with Crippen molar-refractivity contribution in [2.75, 3.05) is 11.9 Å². The fourth-order valence-corrected chi connectivity index (χ4v) is 3.09. The second kappa shape index (κ2) is 6.59. The number of hydrogen-bond donors (Lipinski definition) is 2. The summed E-state index contributed by atoms with van der Waals surface area (Å²) in [5.41, 5.74) is 2.52. The van der Waals surface area contributed by atoms with Gasteiger partial charge in [-0.2, -0.15) is 0 Å². The van der Waals surface area contributed by atoms with Gasteiger partial charge in [0.15, 0.2) is 0 Å². The van der Waals surface area contributed by atoms with Gasteiger partial charge < -0.3 is 15.5 Å². The van der Waals surface area contributed by atoms with Crippen molar-refractivity contribution in [3.8, 4) is 0 Å². The zero-order valence-corrected chi connectivity index (χ0v) is 13.9. The van der Waals surface area contributed by atoms with Crippen LogP contribution in [0, 0.1) is 0 Å². The normalized spacial score (nSPS) is 19.0. The first-order valence-corrected chi connectivity index (χ1v) is 8.74. The van der Waals surface area contributed by atoms with E-state index in [0.717, 1.165) is 25.8 Å². The maximum atomic E-state index is 12.7. The quantitative estimate of drug-likeness (QED) is 0.897. The van der Waals surface area contributed by atoms with E-state index in [1.54, 1.807) is 24.3 Å². The highest BCUT2D eigenvalue weighted by molar-refractivity contribution is 5.96. The van der Waals surface area contributed by atoms with Crippen LogP contribution in [0.5, 0.6) is 0 Å². The number of carbonyl (C=O) groups excluding carboxylic acids is 2. The molecular weight excluding hydrogens is 314 g/mol. The van der Waals surface area contributed by atoms with Crippen molar-refractivity contribution in [2.24, 2.45) is 0 Å². The predicted octanol–water partition coefficient (Wildman–Crippen LogP) is 3.56. The molecule has 0 spiro atoms. The summed E-state index contributed by atoms with van der Waals surface area (Å²) in [5.74, 6) is 0.0362. The molecule has 0 unspecified atom stereocenters. The first-order valence-electron chi connectivity index (χ1n) is 8.74. The minimum Gasteiger partial charge on any atom is -0.335 e. The van der Waals surface area contributed by atoms with Crippen LogP contribution < -0.4 is 10.6 Å². The molecular formula is C20H21N3O2. The number of carbonyl (C=O) groups is 2. The summed E-state index contributed by atoms with van der Waals surface area (Å²) in [7, 11) is 0. The third-order valence-corrected chi connectivity index (χ3v) is 4.77. The Labute approximate surface area is 147 Å². The molecule has 2 fully saturated rings. The van der Waals surface area contributed by atoms with Gasteiger partial charge in [0.1, 0.15) is 0 Å². The van der Waals surface area contributed by atoms with E-state index in [1.807, 2.05) is 23.1 Å². The number of urea groups is 1. The summed E-state index contributed by atoms with van der Waals surface area (Å²) >= 11 is 0. The van der Waals surface area contributed by atoms with Crippen LogP contribution in [0.2, 0.25) is 0 Å². The Kier molecular flexibility index (Phi) is 4.14. The van der Waals surface area contributed by atoms with Crippen LogP contribution in [0.15, 0.2) is 54.6 Å². The SMILES string of the molecule is O=C(Nc1ccc(C(=O)N2CC[C@H]2c2ccccc2)cc1)NC1CC1. The van der Waals surface area contributed by atoms with Crippen LogP contribution in [-0.4, -0.2) is 29.4 Å². The number of anilines is 1. The molecule has 0 radical (unpaired) electrons. The van der Waals surface area contributed by atoms with Crippen molar-refractivity contribution in [3.05, 3.63) is 65.7 Å². The maximum absolute atomic E-state index is 12.7. The Hall–Kier alpha value is -2.82. The van der Waals surface area contributed by atoms with Crippen LogP contribution in [-0.2, 0) is 0 Å². The average Bonchev–Trinajstić information content (AvgIpc) is 3.39. The van der Waals surface area contributed by atoms with Gasteiger partial charge in [0, 0.05) is 23.8 Å². The summed E-state index contributed by atoms with van der Waals surface area (Å²) in [4.78, 5) is 26.4. The van der Waals surface area contributed by atoms with Gasteiger partial charge in [0.25, 0.3) is 5.91 Å². The molecule has 5 heteroatoms. The monoisotopic (exact) mass is 335 g/mol. The molecule has 1 aliphatic heterocycles. The van der Waals surface area contributed by atoms with Gasteiger partial charge in [-0.25, -0.2) is 4.79 Å². The van der Waals surface area contributed by atoms with E-state index in [0.29, 0.717) is 17.3 Å². The molecule has 2 N–H and O–H groups in total. The number of amides is 3. The minimum absolute atomic E-state index is 0.0362. The fraction of sp³-hybridized carbons (Fsp3) is 0.300. The molecule has 2 aromatic carbocycles. The standard InChI is InChI=1S/C20H21N3O2/c24-19(23-13-12-18(23)14-4-2-1-3-5-14)15-6-8-16(9-7-15)21-20(25)22-17-10-11-17/h1-9,17-18H,10-13H2,(H2,21,22,25)/t18-/m0/s1. The molecule has 2 aliphatic rings. The minimum atomic E-state index is -0.187. The Morgan fingerprint density at radius 2 is 1.64 bits per heavy atom. The van der Waals surface area contributed by atoms with Gasteiger partial charge in [-0.05, 0) is 49.1 Å². The van der Waals surface area contributed by atoms with Crippen LogP contribution in [0.4, 0.5) is 10.5 Å². The van der Waals surface area contributed by atoms with Crippen molar-refractivity contribution < 1.29 is 9.59 Å². The molecule has 1 aliphatic carbocycles. The van der Waals surface area contributed by atoms with Gasteiger partial charge in [0.2, 0.25) is 0 Å². The van der Waals surface area contributed by atoms with Gasteiger partial charge >= 0.3 is 6.03 Å². The second-order valence-corrected chi connectivity index (χ2v) is 6.66. The summed E-state index contributed by atoms with van der Waals surface area (Å²) in [6, 6.07) is 17.5. The lowest BCUT2D eigenvalue weighted by Crippen LogP contribution is -2.45. The van der Waals surface area contributed by atoms with Gasteiger partial charge in [-0.15, -0.1) is 0 Å². The average molecular weight is 335 g/mol. The molecule has 25 heavy (non-hydrogen) atoms. The Bertz CT molecular complexity index is 769. The van der Waals surface area contributed by atoms with Crippen LogP contribution in [0.3, 0.4) is 0 Å². The van der Waals surface area contributed by atoms with Crippen molar-refractivity contribution in [1.82, 2.24) is 10.2 Å². The van der Waals surface area contributed by atoms with Crippen molar-refractivity contribution >= 4 is 17.6 Å². The molecule has 5 nitrogen and oxygen atoms in total. The number of nitrogens with zero attached hydrogens (tertiary/aromatic N) is 1. The summed E-state index contributed by atoms with van der Waals surface area (Å²) < 4.78 is 0. The lowest BCUT2D eigenvalue weighted by molar-refractivity contribution is 0.0460. The first-order chi connectivity index (χ1) is 12.2. The molecule has 4 rings (SSSR count). The molecule has 1 saturated carbocycles. The highest BCUT2D eigenvalue weighted by Gasteiger charge is 2.33. The molecule has 2 aromatic rings. The lowest BCUT2D eigenvalue weighted by atomic mass is 9.93. The zero-order chi connectivity index (χ0) is 17.2. The van der Waals surface area contributed by atoms with Crippen molar-refractivity contribution in [2.45, 2.75) is 31.3 Å². The van der Waals surface area contributed by atoms with E-state index in [9.17, 15) is 9.59 Å². The van der Waals surface area contributed by atoms with Crippen LogP contribution >= 0.6 is 0 Å². The lowest BCUT2D eigenvalue weighted by Gasteiger charge is -2.41. The molecule has 1 heterocycles. The number of nitrogens with one attached hydrogen (secondary N) is 2. The van der Waals surface area contributed by atoms with Crippen LogP contribution in [0.25, 0.3) is 0 Å². The largest absolute Gasteiger partial charge is 0.335 e. The van der Waals surface area contributed by atoms with E-state index in [2.05, 4.69) is 22.8 Å². The Morgan fingerprint density at radius 1 is 0.920 bits per heavy atom. The number of benzene rings is 2. The Morgan fingerprint density at radius 3 is 2.24 bits per heavy atom. The summed E-state index contributed by atoms with van der Waals surface area (Å²) in [5, 5.41) is 5.67. The molecule has 3 amide bonds. The highest BCUT2D eigenvalue weighted by atomic mass is 16.2. The van der Waals surface area contributed by atoms with E-state index >= 15 is 0 Å². The van der Waals surface area contributed by atoms with Gasteiger partial charge in [-0.1, -0.05) is 30.3 Å². The maximum Gasteiger partial charge on any atom is 0.319 e. The van der Waals surface area contributed by atoms with E-state index < -0.39 is 0 Å². The topological polar surface area (TPSA) is 61.4 Å². The van der Waals surface area contributed by atoms with Gasteiger partial charge in [-0.3, -0.25) is 4.79 Å². The number of likely N-dealkylation sites (tertiary alicyclic amines) is 1. The molecule has 1 atom stereocenters. The van der Waals surface area contributed by atoms with Crippen molar-refractivity contribution in [1.29, 1.82) is 0 Å². The molecule has 0 bridgehead atoms. The summed E-state index contributed by atoms with van der Waals surface area (Å²) in [6.07, 6.45) is 3.11. The molecule has 1 saturated heterocycles.